The maximum Gasteiger partial charge on any atom is 0.410 e. The van der Waals surface area contributed by atoms with E-state index in [1.807, 2.05) is 20.8 Å². The Morgan fingerprint density at radius 1 is 1.10 bits per heavy atom. The second kappa shape index (κ2) is 8.63. The Balaban J connectivity index is 1.65. The van der Waals surface area contributed by atoms with E-state index < -0.39 is 5.60 Å². The Bertz CT molecular complexity index is 1090. The quantitative estimate of drug-likeness (QED) is 0.456. The number of ether oxygens (including phenoxy) is 1. The van der Waals surface area contributed by atoms with Crippen LogP contribution in [-0.2, 0) is 4.74 Å². The van der Waals surface area contributed by atoms with E-state index in [9.17, 15) is 4.79 Å². The fourth-order valence-electron chi connectivity index (χ4n) is 3.71. The smallest absolute Gasteiger partial charge is 0.410 e. The van der Waals surface area contributed by atoms with Gasteiger partial charge in [0.25, 0.3) is 0 Å². The van der Waals surface area contributed by atoms with E-state index in [0.717, 1.165) is 40.1 Å². The van der Waals surface area contributed by atoms with Crippen LogP contribution in [0.5, 0.6) is 0 Å². The number of hydrogen-bond donors (Lipinski definition) is 0. The average Bonchev–Trinajstić information content (AvgIpc) is 2.95. The van der Waals surface area contributed by atoms with Gasteiger partial charge in [-0.25, -0.2) is 9.78 Å². The van der Waals surface area contributed by atoms with Crippen molar-refractivity contribution in [2.45, 2.75) is 39.7 Å². The highest BCUT2D eigenvalue weighted by molar-refractivity contribution is 7.17. The average molecular weight is 459 g/mol. The van der Waals surface area contributed by atoms with E-state index in [4.69, 9.17) is 16.3 Å². The van der Waals surface area contributed by atoms with Gasteiger partial charge in [0.05, 0.1) is 5.39 Å². The number of nitrogens with zero attached hydrogens (tertiary/aromatic N) is 4. The number of fused-ring (bicyclic) bond motifs is 1. The first-order chi connectivity index (χ1) is 14.7. The maximum absolute atomic E-state index is 12.5. The summed E-state index contributed by atoms with van der Waals surface area (Å²) in [5.41, 5.74) is 2.96. The summed E-state index contributed by atoms with van der Waals surface area (Å²) in [4.78, 5) is 26.5. The zero-order chi connectivity index (χ0) is 22.2. The van der Waals surface area contributed by atoms with Crippen LogP contribution in [0.25, 0.3) is 21.3 Å². The van der Waals surface area contributed by atoms with E-state index in [0.29, 0.717) is 19.6 Å². The molecule has 1 amide bonds. The van der Waals surface area contributed by atoms with Crippen LogP contribution in [0.1, 0.15) is 32.8 Å². The highest BCUT2D eigenvalue weighted by Crippen LogP contribution is 2.39. The third-order valence-electron chi connectivity index (χ3n) is 5.20. The van der Waals surface area contributed by atoms with Crippen LogP contribution in [0.4, 0.5) is 10.6 Å². The van der Waals surface area contributed by atoms with Crippen LogP contribution in [-0.4, -0.2) is 52.7 Å². The van der Waals surface area contributed by atoms with E-state index in [2.05, 4.69) is 51.4 Å². The summed E-state index contributed by atoms with van der Waals surface area (Å²) in [5, 5.41) is 3.38. The first-order valence-electron chi connectivity index (χ1n) is 10.5. The molecule has 0 spiro atoms. The predicted octanol–water partition coefficient (Wildman–Crippen LogP) is 5.77. The third kappa shape index (κ3) is 4.93. The highest BCUT2D eigenvalue weighted by atomic mass is 35.5. The first-order valence-corrected chi connectivity index (χ1v) is 11.7. The molecule has 1 aliphatic rings. The predicted molar refractivity (Wildman–Crippen MR) is 127 cm³/mol. The van der Waals surface area contributed by atoms with Gasteiger partial charge < -0.3 is 14.5 Å². The van der Waals surface area contributed by atoms with Gasteiger partial charge in [-0.15, -0.1) is 11.3 Å². The van der Waals surface area contributed by atoms with Crippen LogP contribution in [0.3, 0.4) is 0 Å². The van der Waals surface area contributed by atoms with Gasteiger partial charge >= 0.3 is 6.09 Å². The van der Waals surface area contributed by atoms with Gasteiger partial charge in [0.15, 0.2) is 0 Å². The zero-order valence-electron chi connectivity index (χ0n) is 18.3. The van der Waals surface area contributed by atoms with Gasteiger partial charge in [0, 0.05) is 37.1 Å². The maximum atomic E-state index is 12.5. The van der Waals surface area contributed by atoms with E-state index in [1.165, 1.54) is 5.56 Å². The van der Waals surface area contributed by atoms with Crippen molar-refractivity contribution in [3.05, 3.63) is 40.5 Å². The summed E-state index contributed by atoms with van der Waals surface area (Å²) in [6.07, 6.45) is 0.558. The van der Waals surface area contributed by atoms with E-state index in [1.54, 1.807) is 16.2 Å². The standard InChI is InChI=1S/C23H27ClN4O2S/c1-15-6-8-16(9-7-15)17-14-31-20-18(17)19(25-21(24)26-20)27-10-5-11-28(13-12-27)22(29)30-23(2,3)4/h6-9,14H,5,10-13H2,1-4H3. The number of anilines is 1. The van der Waals surface area contributed by atoms with Gasteiger partial charge in [-0.1, -0.05) is 29.8 Å². The molecule has 0 aliphatic carbocycles. The zero-order valence-corrected chi connectivity index (χ0v) is 19.9. The van der Waals surface area contributed by atoms with Crippen LogP contribution in [0, 0.1) is 6.92 Å². The number of hydrogen-bond acceptors (Lipinski definition) is 6. The molecule has 2 aromatic heterocycles. The summed E-state index contributed by atoms with van der Waals surface area (Å²) < 4.78 is 5.56. The fourth-order valence-corrected chi connectivity index (χ4v) is 4.87. The molecule has 6 nitrogen and oxygen atoms in total. The molecule has 0 bridgehead atoms. The SMILES string of the molecule is Cc1ccc(-c2csc3nc(Cl)nc(N4CCCN(C(=O)OC(C)(C)C)CC4)c23)cc1. The third-order valence-corrected chi connectivity index (χ3v) is 6.24. The Labute approximate surface area is 191 Å². The molecule has 0 atom stereocenters. The number of rotatable bonds is 2. The van der Waals surface area contributed by atoms with Gasteiger partial charge in [-0.3, -0.25) is 0 Å². The molecule has 1 fully saturated rings. The Hall–Kier alpha value is -2.38. The van der Waals surface area contributed by atoms with Crippen molar-refractivity contribution in [3.8, 4) is 11.1 Å². The molecule has 0 saturated carbocycles. The summed E-state index contributed by atoms with van der Waals surface area (Å²) in [6, 6.07) is 8.48. The van der Waals surface area contributed by atoms with Crippen molar-refractivity contribution in [2.24, 2.45) is 0 Å². The highest BCUT2D eigenvalue weighted by Gasteiger charge is 2.26. The minimum absolute atomic E-state index is 0.244. The van der Waals surface area contributed by atoms with Crippen molar-refractivity contribution in [2.75, 3.05) is 31.1 Å². The second-order valence-electron chi connectivity index (χ2n) is 8.82. The lowest BCUT2D eigenvalue weighted by Crippen LogP contribution is -2.39. The van der Waals surface area contributed by atoms with Crippen LogP contribution in [0.2, 0.25) is 5.28 Å². The van der Waals surface area contributed by atoms with Crippen molar-refractivity contribution < 1.29 is 9.53 Å². The molecule has 1 aromatic carbocycles. The Morgan fingerprint density at radius 2 is 1.84 bits per heavy atom. The van der Waals surface area contributed by atoms with Gasteiger partial charge in [-0.2, -0.15) is 4.98 Å². The molecule has 3 heterocycles. The molecule has 164 valence electrons. The van der Waals surface area contributed by atoms with E-state index >= 15 is 0 Å². The normalized spacial score (nSPS) is 15.3. The molecule has 4 rings (SSSR count). The number of benzene rings is 1. The Morgan fingerprint density at radius 3 is 2.55 bits per heavy atom. The summed E-state index contributed by atoms with van der Waals surface area (Å²) in [7, 11) is 0. The lowest BCUT2D eigenvalue weighted by molar-refractivity contribution is 0.0263. The number of aryl methyl sites for hydroxylation is 1. The number of thiophene rings is 1. The van der Waals surface area contributed by atoms with Gasteiger partial charge in [0.1, 0.15) is 16.2 Å². The minimum Gasteiger partial charge on any atom is -0.444 e. The molecule has 0 radical (unpaired) electrons. The van der Waals surface area contributed by atoms with Crippen molar-refractivity contribution in [1.29, 1.82) is 0 Å². The van der Waals surface area contributed by atoms with Crippen LogP contribution < -0.4 is 4.90 Å². The van der Waals surface area contributed by atoms with Gasteiger partial charge in [-0.05, 0) is 51.3 Å². The van der Waals surface area contributed by atoms with Crippen molar-refractivity contribution >= 4 is 45.1 Å². The number of carbonyl (C=O) groups excluding carboxylic acids is 1. The molecule has 1 saturated heterocycles. The molecule has 1 aliphatic heterocycles. The summed E-state index contributed by atoms with van der Waals surface area (Å²) in [6.45, 7) is 10.4. The summed E-state index contributed by atoms with van der Waals surface area (Å²) >= 11 is 7.86. The van der Waals surface area contributed by atoms with Crippen molar-refractivity contribution in [3.63, 3.8) is 0 Å². The Kier molecular flexibility index (Phi) is 6.08. The monoisotopic (exact) mass is 458 g/mol. The second-order valence-corrected chi connectivity index (χ2v) is 10.0. The molecule has 3 aromatic rings. The molecule has 31 heavy (non-hydrogen) atoms. The first kappa shape index (κ1) is 21.8. The van der Waals surface area contributed by atoms with Crippen molar-refractivity contribution in [1.82, 2.24) is 14.9 Å². The molecular weight excluding hydrogens is 432 g/mol. The van der Waals surface area contributed by atoms with E-state index in [-0.39, 0.29) is 11.4 Å². The topological polar surface area (TPSA) is 58.6 Å². The summed E-state index contributed by atoms with van der Waals surface area (Å²) in [5.74, 6) is 0.831. The molecule has 0 N–H and O–H groups in total. The number of amides is 1. The molecular formula is C23H27ClN4O2S. The number of halogens is 1. The van der Waals surface area contributed by atoms with Crippen LogP contribution >= 0.6 is 22.9 Å². The van der Waals surface area contributed by atoms with Crippen LogP contribution in [0.15, 0.2) is 29.6 Å². The lowest BCUT2D eigenvalue weighted by atomic mass is 10.0. The molecule has 8 heteroatoms. The minimum atomic E-state index is -0.505. The van der Waals surface area contributed by atoms with Gasteiger partial charge in [0.2, 0.25) is 5.28 Å². The number of aromatic nitrogens is 2. The largest absolute Gasteiger partial charge is 0.444 e. The number of carbonyl (C=O) groups is 1. The lowest BCUT2D eigenvalue weighted by Gasteiger charge is -2.27. The fraction of sp³-hybridized carbons (Fsp3) is 0.435. The molecule has 0 unspecified atom stereocenters.